The lowest BCUT2D eigenvalue weighted by molar-refractivity contribution is 0.00766. The summed E-state index contributed by atoms with van der Waals surface area (Å²) in [6.45, 7) is 4.19. The summed E-state index contributed by atoms with van der Waals surface area (Å²) < 4.78 is 5.33. The van der Waals surface area contributed by atoms with Gasteiger partial charge in [-0.25, -0.2) is 4.98 Å². The van der Waals surface area contributed by atoms with Gasteiger partial charge in [-0.2, -0.15) is 20.0 Å². The Labute approximate surface area is 179 Å². The Kier molecular flexibility index (Phi) is 4.68. The van der Waals surface area contributed by atoms with E-state index in [4.69, 9.17) is 10.5 Å². The molecule has 0 radical (unpaired) electrons. The highest BCUT2D eigenvalue weighted by molar-refractivity contribution is 5.98. The number of rotatable bonds is 4. The number of nitrogens with zero attached hydrogens (tertiary/aromatic N) is 7. The number of hydrogen-bond acceptors (Lipinski definition) is 8. The number of methoxy groups -OCH3 is 1. The van der Waals surface area contributed by atoms with Crippen molar-refractivity contribution < 1.29 is 9.53 Å². The molecule has 4 heterocycles. The fourth-order valence-corrected chi connectivity index (χ4v) is 4.41. The number of aromatic nitrogens is 5. The molecular weight excluding hydrogens is 396 g/mol. The van der Waals surface area contributed by atoms with E-state index in [0.29, 0.717) is 41.2 Å². The van der Waals surface area contributed by atoms with Gasteiger partial charge in [0.2, 0.25) is 5.95 Å². The molecule has 0 aliphatic carbocycles. The summed E-state index contributed by atoms with van der Waals surface area (Å²) in [5.74, 6) is 2.17. The minimum Gasteiger partial charge on any atom is -0.497 e. The van der Waals surface area contributed by atoms with E-state index >= 15 is 0 Å². The monoisotopic (exact) mass is 420 g/mol. The predicted octanol–water partition coefficient (Wildman–Crippen LogP) is 1.31. The van der Waals surface area contributed by atoms with Crippen molar-refractivity contribution in [3.63, 3.8) is 0 Å². The summed E-state index contributed by atoms with van der Waals surface area (Å²) in [4.78, 5) is 27.9. The molecule has 0 unspecified atom stereocenters. The Balaban J connectivity index is 1.40. The molecule has 2 aliphatic rings. The van der Waals surface area contributed by atoms with Crippen LogP contribution in [0.2, 0.25) is 0 Å². The molecule has 10 nitrogen and oxygen atoms in total. The van der Waals surface area contributed by atoms with Crippen molar-refractivity contribution in [2.45, 2.75) is 19.4 Å². The summed E-state index contributed by atoms with van der Waals surface area (Å²) in [5, 5.41) is 8.40. The number of likely N-dealkylation sites (tertiary alicyclic amines) is 1. The van der Waals surface area contributed by atoms with Crippen molar-refractivity contribution in [1.82, 2.24) is 29.9 Å². The van der Waals surface area contributed by atoms with Gasteiger partial charge in [0, 0.05) is 43.4 Å². The van der Waals surface area contributed by atoms with Crippen molar-refractivity contribution in [2.24, 2.45) is 5.92 Å². The molecule has 160 valence electrons. The Morgan fingerprint density at radius 3 is 2.71 bits per heavy atom. The molecule has 2 saturated heterocycles. The van der Waals surface area contributed by atoms with E-state index < -0.39 is 0 Å². The van der Waals surface area contributed by atoms with Crippen LogP contribution in [0.1, 0.15) is 22.5 Å². The van der Waals surface area contributed by atoms with Gasteiger partial charge in [-0.05, 0) is 25.5 Å². The number of nitrogen functional groups attached to an aromatic ring is 1. The van der Waals surface area contributed by atoms with Gasteiger partial charge in [-0.3, -0.25) is 4.79 Å². The second-order valence-corrected chi connectivity index (χ2v) is 7.96. The number of fused-ring (bicyclic) bond motifs is 1. The molecule has 2 aliphatic heterocycles. The summed E-state index contributed by atoms with van der Waals surface area (Å²) in [6, 6.07) is 7.20. The predicted molar refractivity (Wildman–Crippen MR) is 114 cm³/mol. The number of amides is 1. The van der Waals surface area contributed by atoms with Gasteiger partial charge >= 0.3 is 0 Å². The Hall–Kier alpha value is -3.69. The number of piperidine rings is 1. The zero-order chi connectivity index (χ0) is 21.5. The van der Waals surface area contributed by atoms with Gasteiger partial charge in [0.05, 0.1) is 31.1 Å². The lowest BCUT2D eigenvalue weighted by Gasteiger charge is -2.53. The topological polar surface area (TPSA) is 115 Å². The van der Waals surface area contributed by atoms with E-state index in [1.165, 1.54) is 4.80 Å². The van der Waals surface area contributed by atoms with Crippen LogP contribution in [0.15, 0.2) is 36.7 Å². The summed E-state index contributed by atoms with van der Waals surface area (Å²) in [7, 11) is 1.59. The van der Waals surface area contributed by atoms with Crippen LogP contribution in [0.25, 0.3) is 5.69 Å². The first-order valence-electron chi connectivity index (χ1n) is 10.3. The van der Waals surface area contributed by atoms with Gasteiger partial charge in [-0.1, -0.05) is 0 Å². The van der Waals surface area contributed by atoms with Crippen LogP contribution in [0.4, 0.5) is 11.8 Å². The maximum Gasteiger partial charge on any atom is 0.256 e. The number of anilines is 2. The molecule has 3 aromatic rings. The smallest absolute Gasteiger partial charge is 0.256 e. The Morgan fingerprint density at radius 1 is 1.16 bits per heavy atom. The first kappa shape index (κ1) is 19.3. The number of carbonyl (C=O) groups excluding carboxylic acids is 1. The molecule has 1 amide bonds. The quantitative estimate of drug-likeness (QED) is 0.672. The zero-order valence-electron chi connectivity index (χ0n) is 17.5. The maximum absolute atomic E-state index is 13.5. The van der Waals surface area contributed by atoms with Crippen LogP contribution < -0.4 is 15.4 Å². The SMILES string of the molecule is COc1ccc(C(=O)N2C[C@H]3CCN(c4nc(C)cc(N)n4)C[C@H]32)c(-n2nccn2)c1. The van der Waals surface area contributed by atoms with E-state index in [1.54, 1.807) is 43.8 Å². The number of carbonyl (C=O) groups is 1. The number of aryl methyl sites for hydroxylation is 1. The first-order chi connectivity index (χ1) is 15.0. The number of benzene rings is 1. The number of ether oxygens (including phenoxy) is 1. The average molecular weight is 420 g/mol. The largest absolute Gasteiger partial charge is 0.497 e. The van der Waals surface area contributed by atoms with Crippen LogP contribution in [-0.2, 0) is 0 Å². The summed E-state index contributed by atoms with van der Waals surface area (Å²) >= 11 is 0. The van der Waals surface area contributed by atoms with Gasteiger partial charge < -0.3 is 20.3 Å². The van der Waals surface area contributed by atoms with Crippen LogP contribution in [0, 0.1) is 12.8 Å². The lowest BCUT2D eigenvalue weighted by Crippen LogP contribution is -2.66. The molecule has 2 fully saturated rings. The molecule has 0 spiro atoms. The molecule has 2 atom stereocenters. The normalized spacial score (nSPS) is 20.2. The fourth-order valence-electron chi connectivity index (χ4n) is 4.41. The van der Waals surface area contributed by atoms with Crippen LogP contribution in [0.3, 0.4) is 0 Å². The number of nitrogens with two attached hydrogens (primary N) is 1. The second kappa shape index (κ2) is 7.53. The molecular formula is C21H24N8O2. The molecule has 5 rings (SSSR count). The van der Waals surface area contributed by atoms with Crippen molar-refractivity contribution in [2.75, 3.05) is 37.4 Å². The summed E-state index contributed by atoms with van der Waals surface area (Å²) in [5.41, 5.74) is 7.89. The Bertz CT molecular complexity index is 1100. The van der Waals surface area contributed by atoms with E-state index in [-0.39, 0.29) is 11.9 Å². The molecule has 31 heavy (non-hydrogen) atoms. The van der Waals surface area contributed by atoms with Crippen LogP contribution >= 0.6 is 0 Å². The third-order valence-electron chi connectivity index (χ3n) is 6.03. The van der Waals surface area contributed by atoms with Crippen LogP contribution in [0.5, 0.6) is 5.75 Å². The van der Waals surface area contributed by atoms with Gasteiger partial charge in [0.15, 0.2) is 0 Å². The fraction of sp³-hybridized carbons (Fsp3) is 0.381. The molecule has 2 N–H and O–H groups in total. The van der Waals surface area contributed by atoms with Crippen molar-refractivity contribution in [1.29, 1.82) is 0 Å². The van der Waals surface area contributed by atoms with Gasteiger partial charge in [0.25, 0.3) is 5.91 Å². The summed E-state index contributed by atoms with van der Waals surface area (Å²) in [6.07, 6.45) is 4.15. The lowest BCUT2D eigenvalue weighted by atomic mass is 9.81. The first-order valence-corrected chi connectivity index (χ1v) is 10.3. The highest BCUT2D eigenvalue weighted by Crippen LogP contribution is 2.36. The molecule has 0 bridgehead atoms. The molecule has 10 heteroatoms. The van der Waals surface area contributed by atoms with Crippen LogP contribution in [-0.4, -0.2) is 68.6 Å². The van der Waals surface area contributed by atoms with Crippen molar-refractivity contribution in [3.8, 4) is 11.4 Å². The minimum atomic E-state index is -0.0391. The molecule has 0 saturated carbocycles. The standard InChI is InChI=1S/C21H24N8O2/c1-13-9-19(22)26-21(25-13)27-8-5-14-11-28(18(14)12-27)20(30)16-4-3-15(31-2)10-17(16)29-23-6-7-24-29/h3-4,6-7,9-10,14,18H,5,8,11-12H2,1-2H3,(H2,22,25,26)/t14-,18-/m1/s1. The van der Waals surface area contributed by atoms with E-state index in [2.05, 4.69) is 25.1 Å². The second-order valence-electron chi connectivity index (χ2n) is 7.96. The minimum absolute atomic E-state index is 0.0391. The third-order valence-corrected chi connectivity index (χ3v) is 6.03. The highest BCUT2D eigenvalue weighted by Gasteiger charge is 2.46. The van der Waals surface area contributed by atoms with Crippen molar-refractivity contribution >= 4 is 17.7 Å². The average Bonchev–Trinajstić information content (AvgIpc) is 3.28. The Morgan fingerprint density at radius 2 is 1.97 bits per heavy atom. The van der Waals surface area contributed by atoms with E-state index in [9.17, 15) is 4.79 Å². The number of hydrogen-bond donors (Lipinski definition) is 1. The van der Waals surface area contributed by atoms with Crippen molar-refractivity contribution in [3.05, 3.63) is 47.9 Å². The van der Waals surface area contributed by atoms with Gasteiger partial charge in [0.1, 0.15) is 17.3 Å². The van der Waals surface area contributed by atoms with Gasteiger partial charge in [-0.15, -0.1) is 0 Å². The third kappa shape index (κ3) is 3.43. The molecule has 1 aromatic carbocycles. The maximum atomic E-state index is 13.5. The zero-order valence-corrected chi connectivity index (χ0v) is 17.5. The highest BCUT2D eigenvalue weighted by atomic mass is 16.5. The molecule has 2 aromatic heterocycles. The van der Waals surface area contributed by atoms with E-state index in [0.717, 1.165) is 25.2 Å². The van der Waals surface area contributed by atoms with E-state index in [1.807, 2.05) is 11.8 Å².